The van der Waals surface area contributed by atoms with E-state index in [1.165, 1.54) is 55.3 Å². The Bertz CT molecular complexity index is 1520. The van der Waals surface area contributed by atoms with Crippen molar-refractivity contribution in [3.8, 4) is 17.2 Å². The molecule has 0 unspecified atom stereocenters. The van der Waals surface area contributed by atoms with Crippen molar-refractivity contribution < 1.29 is 20.1 Å². The smallest absolute Gasteiger partial charge is 0.165 e. The van der Waals surface area contributed by atoms with Crippen molar-refractivity contribution in [2.45, 2.75) is 86.5 Å². The van der Waals surface area contributed by atoms with Crippen molar-refractivity contribution in [1.29, 1.82) is 0 Å². The minimum Gasteiger partial charge on any atom is -0.508 e. The van der Waals surface area contributed by atoms with Crippen LogP contribution in [0.15, 0.2) is 67.8 Å². The highest BCUT2D eigenvalue weighted by molar-refractivity contribution is 5.61. The largest absolute Gasteiger partial charge is 0.508 e. The number of phenols is 2. The van der Waals surface area contributed by atoms with Crippen LogP contribution in [0.3, 0.4) is 0 Å². The van der Waals surface area contributed by atoms with E-state index >= 15 is 0 Å². The van der Waals surface area contributed by atoms with Gasteiger partial charge in [0, 0.05) is 47.5 Å². The normalized spacial score (nSPS) is 37.4. The summed E-state index contributed by atoms with van der Waals surface area (Å²) < 4.78 is 6.13. The second-order valence-corrected chi connectivity index (χ2v) is 14.4. The first kappa shape index (κ1) is 28.4. The number of piperidine rings is 2. The summed E-state index contributed by atoms with van der Waals surface area (Å²) in [5, 5.41) is 30.8. The number of rotatable bonds is 4. The molecule has 44 heavy (non-hydrogen) atoms. The van der Waals surface area contributed by atoms with Crippen molar-refractivity contribution in [2.24, 2.45) is 11.8 Å². The molecule has 1 saturated carbocycles. The van der Waals surface area contributed by atoms with Gasteiger partial charge in [-0.25, -0.2) is 0 Å². The highest BCUT2D eigenvalue weighted by atomic mass is 16.5. The van der Waals surface area contributed by atoms with Crippen molar-refractivity contribution in [1.82, 2.24) is 9.80 Å². The van der Waals surface area contributed by atoms with Crippen LogP contribution in [0.4, 0.5) is 0 Å². The molecule has 1 spiro atoms. The van der Waals surface area contributed by atoms with Crippen molar-refractivity contribution in [3.05, 3.63) is 90.0 Å². The molecule has 0 radical (unpaired) electrons. The Morgan fingerprint density at radius 2 is 1.64 bits per heavy atom. The van der Waals surface area contributed by atoms with Gasteiger partial charge in [-0.3, -0.25) is 9.80 Å². The van der Waals surface area contributed by atoms with E-state index in [1.807, 2.05) is 24.3 Å². The first-order chi connectivity index (χ1) is 21.4. The molecule has 6 nitrogen and oxygen atoms in total. The summed E-state index contributed by atoms with van der Waals surface area (Å²) in [5.41, 5.74) is 5.51. The molecule has 3 fully saturated rings. The highest BCUT2D eigenvalue weighted by Gasteiger charge is 2.64. The van der Waals surface area contributed by atoms with Gasteiger partial charge in [-0.15, -0.1) is 13.2 Å². The molecule has 6 heteroatoms. The summed E-state index contributed by atoms with van der Waals surface area (Å²) >= 11 is 0. The molecule has 2 aromatic carbocycles. The molecule has 0 aromatic heterocycles. The maximum absolute atomic E-state index is 10.5. The number of nitrogens with zero attached hydrogens (tertiary/aromatic N) is 2. The first-order valence-corrected chi connectivity index (χ1v) is 16.8. The number of ether oxygens (including phenoxy) is 1. The standard InChI is InChI=1S/C19H21NO3.C19H25NO/c1-2-8-20-9-7-19-12-4-6-15(22)18(19)23-17-14(21)5-3-11(16(17)19)10-13(12)20;1-2-10-20-11-9-19-8-4-3-5-16(19)18(20)12-14-6-7-15(21)13-17(14)19/h2-6,12-13,15,18,21-22H,1,7-10H2;2,6-7,13,16,18,21H,1,3-5,8-12H2/t12-,13+,15-,18-,19-;16-,18+,19+/m00/s1. The fourth-order valence-electron chi connectivity index (χ4n) is 11.0. The lowest BCUT2D eigenvalue weighted by molar-refractivity contribution is -0.0488. The Morgan fingerprint density at radius 3 is 2.45 bits per heavy atom. The molecule has 7 aliphatic rings. The third kappa shape index (κ3) is 3.90. The molecule has 2 saturated heterocycles. The van der Waals surface area contributed by atoms with E-state index in [9.17, 15) is 15.3 Å². The average Bonchev–Trinajstić information content (AvgIpc) is 3.39. The fourth-order valence-corrected chi connectivity index (χ4v) is 11.0. The molecule has 3 N–H and O–H groups in total. The van der Waals surface area contributed by atoms with Crippen molar-refractivity contribution >= 4 is 0 Å². The number of hydrogen-bond acceptors (Lipinski definition) is 6. The average molecular weight is 595 g/mol. The SMILES string of the molecule is C=CCN1CC[C@]23CCCC[C@H]2[C@H]1Cc1ccc(O)cc13.C=CCN1CC[C@]23c4c5ccc(O)c4O[C@H]2[C@@H](O)C=C[C@H]3[C@H]1C5. The van der Waals surface area contributed by atoms with Crippen LogP contribution in [0.25, 0.3) is 0 Å². The molecule has 4 bridgehead atoms. The minimum atomic E-state index is -0.615. The Morgan fingerprint density at radius 1 is 0.886 bits per heavy atom. The summed E-state index contributed by atoms with van der Waals surface area (Å²) in [6.45, 7) is 11.9. The molecule has 9 rings (SSSR count). The number of phenolic OH excluding ortho intramolecular Hbond substituents is 2. The van der Waals surface area contributed by atoms with E-state index in [0.29, 0.717) is 34.9 Å². The number of hydrogen-bond donors (Lipinski definition) is 3. The zero-order valence-corrected chi connectivity index (χ0v) is 25.7. The molecule has 4 aliphatic carbocycles. The molecule has 3 aliphatic heterocycles. The Kier molecular flexibility index (Phi) is 6.78. The number of aromatic hydroxyl groups is 2. The number of aliphatic hydroxyl groups excluding tert-OH is 1. The Labute approximate surface area is 261 Å². The van der Waals surface area contributed by atoms with Crippen LogP contribution >= 0.6 is 0 Å². The van der Waals surface area contributed by atoms with E-state index in [2.05, 4.69) is 47.2 Å². The van der Waals surface area contributed by atoms with Gasteiger partial charge in [0.05, 0.1) is 0 Å². The molecular weight excluding hydrogens is 548 g/mol. The predicted octanol–water partition coefficient (Wildman–Crippen LogP) is 5.39. The molecular formula is C38H46N2O4. The fraction of sp³-hybridized carbons (Fsp3) is 0.526. The van der Waals surface area contributed by atoms with Gasteiger partial charge in [-0.1, -0.05) is 49.3 Å². The Balaban J connectivity index is 0.000000132. The van der Waals surface area contributed by atoms with Gasteiger partial charge in [0.1, 0.15) is 18.0 Å². The maximum atomic E-state index is 10.5. The topological polar surface area (TPSA) is 76.4 Å². The lowest BCUT2D eigenvalue weighted by Gasteiger charge is -2.59. The van der Waals surface area contributed by atoms with Crippen LogP contribution in [0.2, 0.25) is 0 Å². The monoisotopic (exact) mass is 594 g/mol. The van der Waals surface area contributed by atoms with Crippen LogP contribution in [-0.4, -0.2) is 75.6 Å². The van der Waals surface area contributed by atoms with Gasteiger partial charge in [-0.2, -0.15) is 0 Å². The summed E-state index contributed by atoms with van der Waals surface area (Å²) in [4.78, 5) is 5.15. The van der Waals surface area contributed by atoms with Gasteiger partial charge in [0.2, 0.25) is 0 Å². The van der Waals surface area contributed by atoms with Gasteiger partial charge in [0.25, 0.3) is 0 Å². The van der Waals surface area contributed by atoms with Crippen molar-refractivity contribution in [2.75, 3.05) is 26.2 Å². The van der Waals surface area contributed by atoms with Crippen LogP contribution < -0.4 is 4.74 Å². The van der Waals surface area contributed by atoms with Crippen LogP contribution in [0.5, 0.6) is 17.2 Å². The third-order valence-corrected chi connectivity index (χ3v) is 12.6. The number of fused-ring (bicyclic) bond motifs is 1. The maximum Gasteiger partial charge on any atom is 0.165 e. The van der Waals surface area contributed by atoms with E-state index in [-0.39, 0.29) is 17.3 Å². The number of aliphatic hydroxyl groups is 1. The lowest BCUT2D eigenvalue weighted by Crippen LogP contribution is -2.65. The predicted molar refractivity (Wildman–Crippen MR) is 172 cm³/mol. The summed E-state index contributed by atoms with van der Waals surface area (Å²) in [5.74, 6) is 2.34. The molecule has 232 valence electrons. The third-order valence-electron chi connectivity index (χ3n) is 12.6. The van der Waals surface area contributed by atoms with Crippen LogP contribution in [-0.2, 0) is 23.7 Å². The molecule has 3 heterocycles. The number of benzene rings is 2. The van der Waals surface area contributed by atoms with Gasteiger partial charge in [-0.05, 0) is 92.4 Å². The van der Waals surface area contributed by atoms with Crippen LogP contribution in [0.1, 0.15) is 60.8 Å². The minimum absolute atomic E-state index is 0.196. The second-order valence-electron chi connectivity index (χ2n) is 14.4. The quantitative estimate of drug-likeness (QED) is 0.412. The van der Waals surface area contributed by atoms with Crippen molar-refractivity contribution in [3.63, 3.8) is 0 Å². The molecule has 8 atom stereocenters. The summed E-state index contributed by atoms with van der Waals surface area (Å²) in [7, 11) is 0. The number of likely N-dealkylation sites (tertiary alicyclic amines) is 2. The Hall–Kier alpha value is -3.06. The van der Waals surface area contributed by atoms with Gasteiger partial charge < -0.3 is 20.1 Å². The molecule has 0 amide bonds. The van der Waals surface area contributed by atoms with E-state index < -0.39 is 6.10 Å². The van der Waals surface area contributed by atoms with Crippen LogP contribution in [0, 0.1) is 11.8 Å². The zero-order valence-electron chi connectivity index (χ0n) is 25.7. The second kappa shape index (κ2) is 10.5. The summed E-state index contributed by atoms with van der Waals surface area (Å²) in [6, 6.07) is 11.0. The first-order valence-electron chi connectivity index (χ1n) is 16.8. The highest BCUT2D eigenvalue weighted by Crippen LogP contribution is 2.62. The van der Waals surface area contributed by atoms with E-state index in [1.54, 1.807) is 6.07 Å². The van der Waals surface area contributed by atoms with Gasteiger partial charge >= 0.3 is 0 Å². The lowest BCUT2D eigenvalue weighted by atomic mass is 9.52. The van der Waals surface area contributed by atoms with E-state index in [0.717, 1.165) is 50.4 Å². The zero-order chi connectivity index (χ0) is 30.2. The van der Waals surface area contributed by atoms with Gasteiger partial charge in [0.15, 0.2) is 11.5 Å². The van der Waals surface area contributed by atoms with E-state index in [4.69, 9.17) is 4.74 Å². The summed E-state index contributed by atoms with van der Waals surface area (Å²) in [6.07, 6.45) is 16.9. The molecule has 2 aromatic rings.